The van der Waals surface area contributed by atoms with Crippen molar-refractivity contribution in [2.75, 3.05) is 12.3 Å². The van der Waals surface area contributed by atoms with Gasteiger partial charge in [-0.15, -0.1) is 11.8 Å². The summed E-state index contributed by atoms with van der Waals surface area (Å²) in [7, 11) is -3.84. The highest BCUT2D eigenvalue weighted by atomic mass is 35.5. The van der Waals surface area contributed by atoms with Crippen LogP contribution in [0.3, 0.4) is 0 Å². The standard InChI is InChI=1S/C16H15ClN2O4S2/c1-11-2-7-14(10-15(11)19(20)21)25(22,23)18-8-9-24-16(18)12-3-5-13(17)6-4-12/h2-7,10,16H,8-9H2,1H3. The van der Waals surface area contributed by atoms with E-state index in [4.69, 9.17) is 11.6 Å². The lowest BCUT2D eigenvalue weighted by atomic mass is 10.2. The fourth-order valence-corrected chi connectivity index (χ4v) is 6.06. The lowest BCUT2D eigenvalue weighted by molar-refractivity contribution is -0.385. The number of nitro benzene ring substituents is 1. The van der Waals surface area contributed by atoms with Gasteiger partial charge in [-0.3, -0.25) is 10.1 Å². The lowest BCUT2D eigenvalue weighted by Gasteiger charge is -2.23. The average molecular weight is 399 g/mol. The number of halogens is 1. The van der Waals surface area contributed by atoms with E-state index in [0.717, 1.165) is 11.6 Å². The van der Waals surface area contributed by atoms with Gasteiger partial charge in [0.2, 0.25) is 10.0 Å². The summed E-state index contributed by atoms with van der Waals surface area (Å²) in [5.41, 5.74) is 1.06. The van der Waals surface area contributed by atoms with Crippen LogP contribution in [0.1, 0.15) is 16.5 Å². The number of rotatable bonds is 4. The lowest BCUT2D eigenvalue weighted by Crippen LogP contribution is -2.30. The van der Waals surface area contributed by atoms with Crippen molar-refractivity contribution in [3.8, 4) is 0 Å². The molecule has 0 spiro atoms. The molecule has 0 saturated carbocycles. The SMILES string of the molecule is Cc1ccc(S(=O)(=O)N2CCSC2c2ccc(Cl)cc2)cc1[N+](=O)[O-]. The van der Waals surface area contributed by atoms with Gasteiger partial charge in [0.1, 0.15) is 0 Å². The Hall–Kier alpha value is -1.61. The van der Waals surface area contributed by atoms with Crippen LogP contribution < -0.4 is 0 Å². The maximum Gasteiger partial charge on any atom is 0.273 e. The van der Waals surface area contributed by atoms with E-state index in [1.165, 1.54) is 28.2 Å². The van der Waals surface area contributed by atoms with Crippen molar-refractivity contribution in [1.29, 1.82) is 0 Å². The second-order valence-corrected chi connectivity index (χ2v) is 9.11. The molecule has 0 radical (unpaired) electrons. The third kappa shape index (κ3) is 3.52. The molecule has 0 aliphatic carbocycles. The minimum atomic E-state index is -3.84. The van der Waals surface area contributed by atoms with Gasteiger partial charge in [0.25, 0.3) is 5.69 Å². The zero-order chi connectivity index (χ0) is 18.2. The van der Waals surface area contributed by atoms with Gasteiger partial charge in [0.15, 0.2) is 0 Å². The summed E-state index contributed by atoms with van der Waals surface area (Å²) in [6.45, 7) is 1.93. The second-order valence-electron chi connectivity index (χ2n) is 5.60. The average Bonchev–Trinajstić information content (AvgIpc) is 3.06. The molecule has 0 aromatic heterocycles. The predicted molar refractivity (Wildman–Crippen MR) is 98.4 cm³/mol. The molecule has 25 heavy (non-hydrogen) atoms. The Morgan fingerprint density at radius 3 is 2.56 bits per heavy atom. The van der Waals surface area contributed by atoms with Crippen LogP contribution in [0.5, 0.6) is 0 Å². The van der Waals surface area contributed by atoms with Crippen LogP contribution in [0.15, 0.2) is 47.4 Å². The topological polar surface area (TPSA) is 80.5 Å². The van der Waals surface area contributed by atoms with E-state index in [0.29, 0.717) is 22.9 Å². The summed E-state index contributed by atoms with van der Waals surface area (Å²) < 4.78 is 27.5. The van der Waals surface area contributed by atoms with Crippen molar-refractivity contribution < 1.29 is 13.3 Å². The van der Waals surface area contributed by atoms with Crippen LogP contribution in [0.25, 0.3) is 0 Å². The Bertz CT molecular complexity index is 916. The van der Waals surface area contributed by atoms with E-state index in [2.05, 4.69) is 0 Å². The molecule has 1 aliphatic heterocycles. The van der Waals surface area contributed by atoms with E-state index in [1.54, 1.807) is 31.2 Å². The molecular weight excluding hydrogens is 384 g/mol. The smallest absolute Gasteiger partial charge is 0.258 e. The number of nitrogens with zero attached hydrogens (tertiary/aromatic N) is 2. The van der Waals surface area contributed by atoms with Crippen LogP contribution in [-0.4, -0.2) is 29.9 Å². The van der Waals surface area contributed by atoms with Gasteiger partial charge in [-0.1, -0.05) is 29.8 Å². The number of benzene rings is 2. The minimum absolute atomic E-state index is 0.0636. The van der Waals surface area contributed by atoms with Gasteiger partial charge in [-0.25, -0.2) is 8.42 Å². The van der Waals surface area contributed by atoms with E-state index >= 15 is 0 Å². The number of hydrogen-bond acceptors (Lipinski definition) is 5. The molecule has 2 aromatic carbocycles. The number of aryl methyl sites for hydroxylation is 1. The first-order chi connectivity index (χ1) is 11.8. The van der Waals surface area contributed by atoms with Crippen molar-refractivity contribution in [3.63, 3.8) is 0 Å². The second kappa shape index (κ2) is 6.95. The molecule has 0 bridgehead atoms. The minimum Gasteiger partial charge on any atom is -0.258 e. The molecule has 9 heteroatoms. The predicted octanol–water partition coefficient (Wildman–Crippen LogP) is 3.99. The van der Waals surface area contributed by atoms with Gasteiger partial charge >= 0.3 is 0 Å². The van der Waals surface area contributed by atoms with Gasteiger partial charge < -0.3 is 0 Å². The summed E-state index contributed by atoms with van der Waals surface area (Å²) in [6, 6.07) is 11.0. The highest BCUT2D eigenvalue weighted by Crippen LogP contribution is 2.42. The molecule has 2 aromatic rings. The first-order valence-electron chi connectivity index (χ1n) is 7.44. The largest absolute Gasteiger partial charge is 0.273 e. The first-order valence-corrected chi connectivity index (χ1v) is 10.3. The fourth-order valence-electron chi connectivity index (χ4n) is 2.67. The number of hydrogen-bond donors (Lipinski definition) is 0. The van der Waals surface area contributed by atoms with Crippen LogP contribution in [0.4, 0.5) is 5.69 Å². The molecule has 0 amide bonds. The van der Waals surface area contributed by atoms with Crippen LogP contribution >= 0.6 is 23.4 Å². The zero-order valence-electron chi connectivity index (χ0n) is 13.3. The maximum absolute atomic E-state index is 13.0. The van der Waals surface area contributed by atoms with Gasteiger partial charge in [-0.05, 0) is 30.7 Å². The third-order valence-electron chi connectivity index (χ3n) is 3.99. The monoisotopic (exact) mass is 398 g/mol. The fraction of sp³-hybridized carbons (Fsp3) is 0.250. The Morgan fingerprint density at radius 2 is 1.92 bits per heavy atom. The Labute approximate surface area is 155 Å². The molecule has 1 unspecified atom stereocenters. The molecule has 3 rings (SSSR count). The van der Waals surface area contributed by atoms with E-state index in [9.17, 15) is 18.5 Å². The summed E-state index contributed by atoms with van der Waals surface area (Å²) in [6.07, 6.45) is 0. The van der Waals surface area contributed by atoms with Crippen molar-refractivity contribution in [3.05, 3.63) is 68.7 Å². The molecule has 1 saturated heterocycles. The van der Waals surface area contributed by atoms with Crippen LogP contribution in [0, 0.1) is 17.0 Å². The van der Waals surface area contributed by atoms with Gasteiger partial charge in [-0.2, -0.15) is 4.31 Å². The Kier molecular flexibility index (Phi) is 5.06. The zero-order valence-corrected chi connectivity index (χ0v) is 15.6. The van der Waals surface area contributed by atoms with Gasteiger partial charge in [0, 0.05) is 29.0 Å². The molecule has 6 nitrogen and oxygen atoms in total. The van der Waals surface area contributed by atoms with Crippen molar-refractivity contribution in [2.45, 2.75) is 17.2 Å². The maximum atomic E-state index is 13.0. The summed E-state index contributed by atoms with van der Waals surface area (Å²) in [5.74, 6) is 0.653. The van der Waals surface area contributed by atoms with E-state index in [1.807, 2.05) is 0 Å². The van der Waals surface area contributed by atoms with Crippen LogP contribution in [-0.2, 0) is 10.0 Å². The summed E-state index contributed by atoms with van der Waals surface area (Å²) in [5, 5.41) is 11.3. The molecule has 0 N–H and O–H groups in total. The quantitative estimate of drug-likeness (QED) is 0.574. The molecule has 1 aliphatic rings. The Morgan fingerprint density at radius 1 is 1.24 bits per heavy atom. The number of nitro groups is 1. The van der Waals surface area contributed by atoms with Gasteiger partial charge in [0.05, 0.1) is 15.2 Å². The summed E-state index contributed by atoms with van der Waals surface area (Å²) in [4.78, 5) is 10.5. The molecule has 1 heterocycles. The molecule has 132 valence electrons. The van der Waals surface area contributed by atoms with Crippen molar-refractivity contribution in [1.82, 2.24) is 4.31 Å². The highest BCUT2D eigenvalue weighted by Gasteiger charge is 2.37. The molecular formula is C16H15ClN2O4S2. The molecule has 1 atom stereocenters. The van der Waals surface area contributed by atoms with Crippen molar-refractivity contribution in [2.24, 2.45) is 0 Å². The normalized spacial score (nSPS) is 18.4. The van der Waals surface area contributed by atoms with E-state index in [-0.39, 0.29) is 16.0 Å². The van der Waals surface area contributed by atoms with Crippen molar-refractivity contribution >= 4 is 39.1 Å². The highest BCUT2D eigenvalue weighted by molar-refractivity contribution is 8.01. The summed E-state index contributed by atoms with van der Waals surface area (Å²) >= 11 is 7.41. The number of sulfonamides is 1. The first kappa shape index (κ1) is 18.2. The van der Waals surface area contributed by atoms with Crippen LogP contribution in [0.2, 0.25) is 5.02 Å². The number of thioether (sulfide) groups is 1. The van der Waals surface area contributed by atoms with E-state index < -0.39 is 14.9 Å². The Balaban J connectivity index is 2.00. The third-order valence-corrected chi connectivity index (χ3v) is 7.49. The molecule has 1 fully saturated rings.